The van der Waals surface area contributed by atoms with E-state index in [4.69, 9.17) is 10.5 Å². The van der Waals surface area contributed by atoms with Crippen LogP contribution in [0.1, 0.15) is 12.6 Å². The molecule has 6 heteroatoms. The third-order valence-electron chi connectivity index (χ3n) is 1.74. The van der Waals surface area contributed by atoms with Gasteiger partial charge in [0.2, 0.25) is 0 Å². The van der Waals surface area contributed by atoms with Gasteiger partial charge in [0.1, 0.15) is 5.78 Å². The summed E-state index contributed by atoms with van der Waals surface area (Å²) < 4.78 is 6.86. The highest BCUT2D eigenvalue weighted by molar-refractivity contribution is 5.77. The smallest absolute Gasteiger partial charge is 0.135 e. The normalized spacial score (nSPS) is 10.5. The van der Waals surface area contributed by atoms with Crippen molar-refractivity contribution in [2.75, 3.05) is 19.8 Å². The Bertz CT molecular complexity index is 311. The molecule has 0 spiro atoms. The molecule has 0 saturated carbocycles. The van der Waals surface area contributed by atoms with E-state index in [-0.39, 0.29) is 5.78 Å². The zero-order valence-corrected chi connectivity index (χ0v) is 8.85. The van der Waals surface area contributed by atoms with Gasteiger partial charge in [-0.2, -0.15) is 0 Å². The molecule has 84 valence electrons. The highest BCUT2D eigenvalue weighted by atomic mass is 16.5. The third kappa shape index (κ3) is 4.66. The second-order valence-corrected chi connectivity index (χ2v) is 3.25. The van der Waals surface area contributed by atoms with E-state index in [0.29, 0.717) is 38.4 Å². The lowest BCUT2D eigenvalue weighted by atomic mass is 10.2. The summed E-state index contributed by atoms with van der Waals surface area (Å²) in [7, 11) is 0. The second kappa shape index (κ2) is 6.26. The van der Waals surface area contributed by atoms with Gasteiger partial charge >= 0.3 is 0 Å². The summed E-state index contributed by atoms with van der Waals surface area (Å²) in [6, 6.07) is 0. The quantitative estimate of drug-likeness (QED) is 0.609. The monoisotopic (exact) mass is 212 g/mol. The summed E-state index contributed by atoms with van der Waals surface area (Å²) in [6.07, 6.45) is 2.09. The number of rotatable bonds is 7. The van der Waals surface area contributed by atoms with E-state index in [2.05, 4.69) is 10.3 Å². The average molecular weight is 212 g/mol. The van der Waals surface area contributed by atoms with Crippen molar-refractivity contribution in [2.24, 2.45) is 5.73 Å². The minimum absolute atomic E-state index is 0.0847. The van der Waals surface area contributed by atoms with E-state index in [1.807, 2.05) is 0 Å². The largest absolute Gasteiger partial charge is 0.378 e. The van der Waals surface area contributed by atoms with E-state index < -0.39 is 0 Å². The Balaban J connectivity index is 2.29. The van der Waals surface area contributed by atoms with Crippen LogP contribution in [0.2, 0.25) is 0 Å². The molecule has 0 aliphatic carbocycles. The van der Waals surface area contributed by atoms with E-state index in [1.54, 1.807) is 10.9 Å². The fraction of sp³-hybridized carbons (Fsp3) is 0.667. The van der Waals surface area contributed by atoms with E-state index >= 15 is 0 Å². The van der Waals surface area contributed by atoms with Crippen LogP contribution in [-0.4, -0.2) is 40.5 Å². The van der Waals surface area contributed by atoms with Gasteiger partial charge in [0.05, 0.1) is 31.9 Å². The molecule has 0 unspecified atom stereocenters. The molecule has 1 aromatic heterocycles. The number of aromatic nitrogens is 3. The summed E-state index contributed by atoms with van der Waals surface area (Å²) in [5.74, 6) is 0.0847. The first-order chi connectivity index (χ1) is 7.22. The van der Waals surface area contributed by atoms with Gasteiger partial charge < -0.3 is 10.5 Å². The molecule has 0 bridgehead atoms. The van der Waals surface area contributed by atoms with Crippen molar-refractivity contribution in [3.63, 3.8) is 0 Å². The molecular weight excluding hydrogens is 196 g/mol. The van der Waals surface area contributed by atoms with Crippen molar-refractivity contribution in [3.8, 4) is 0 Å². The summed E-state index contributed by atoms with van der Waals surface area (Å²) in [5, 5.41) is 7.74. The molecular formula is C9H16N4O2. The number of Topliss-reactive ketones (excluding diaryl/α,β-unsaturated/α-hetero) is 1. The lowest BCUT2D eigenvalue weighted by molar-refractivity contribution is -0.116. The van der Waals surface area contributed by atoms with Gasteiger partial charge in [-0.1, -0.05) is 5.21 Å². The molecule has 1 heterocycles. The zero-order chi connectivity index (χ0) is 11.1. The molecule has 2 N–H and O–H groups in total. The number of carbonyl (C=O) groups is 1. The first-order valence-corrected chi connectivity index (χ1v) is 4.88. The minimum atomic E-state index is 0.0847. The summed E-state index contributed by atoms with van der Waals surface area (Å²) in [5.41, 5.74) is 5.97. The number of nitrogens with two attached hydrogens (primary N) is 1. The number of nitrogens with zero attached hydrogens (tertiary/aromatic N) is 3. The predicted octanol–water partition coefficient (Wildman–Crippen LogP) is -0.615. The maximum Gasteiger partial charge on any atom is 0.135 e. The maximum atomic E-state index is 10.8. The van der Waals surface area contributed by atoms with Crippen LogP contribution < -0.4 is 5.73 Å². The molecule has 0 aliphatic rings. The summed E-state index contributed by atoms with van der Waals surface area (Å²) in [6.45, 7) is 3.79. The first-order valence-electron chi connectivity index (χ1n) is 4.88. The molecule has 15 heavy (non-hydrogen) atoms. The van der Waals surface area contributed by atoms with Gasteiger partial charge in [0.15, 0.2) is 0 Å². The van der Waals surface area contributed by atoms with Gasteiger partial charge in [-0.25, -0.2) is 4.68 Å². The Labute approximate surface area is 88.4 Å². The Hall–Kier alpha value is -1.27. The molecule has 0 aromatic carbocycles. The van der Waals surface area contributed by atoms with Crippen LogP contribution in [0, 0.1) is 0 Å². The van der Waals surface area contributed by atoms with E-state index in [9.17, 15) is 4.79 Å². The van der Waals surface area contributed by atoms with E-state index in [1.165, 1.54) is 6.92 Å². The molecule has 6 nitrogen and oxygen atoms in total. The van der Waals surface area contributed by atoms with Crippen molar-refractivity contribution in [3.05, 3.63) is 11.9 Å². The topological polar surface area (TPSA) is 83.0 Å². The second-order valence-electron chi connectivity index (χ2n) is 3.25. The summed E-state index contributed by atoms with van der Waals surface area (Å²) in [4.78, 5) is 10.8. The Morgan fingerprint density at radius 2 is 2.40 bits per heavy atom. The van der Waals surface area contributed by atoms with Crippen LogP contribution >= 0.6 is 0 Å². The standard InChI is InChI=1S/C9H16N4O2/c1-8(14)6-9-7-13(12-11-9)3-5-15-4-2-10/h7H,2-6,10H2,1H3. The molecule has 0 saturated heterocycles. The van der Waals surface area contributed by atoms with Crippen LogP contribution in [0.3, 0.4) is 0 Å². The molecule has 1 aromatic rings. The lowest BCUT2D eigenvalue weighted by Gasteiger charge is -2.01. The molecule has 0 amide bonds. The third-order valence-corrected chi connectivity index (χ3v) is 1.74. The highest BCUT2D eigenvalue weighted by Crippen LogP contribution is 1.95. The van der Waals surface area contributed by atoms with Gasteiger partial charge in [0, 0.05) is 12.7 Å². The maximum absolute atomic E-state index is 10.8. The van der Waals surface area contributed by atoms with Crippen molar-refractivity contribution >= 4 is 5.78 Å². The number of carbonyl (C=O) groups excluding carboxylic acids is 1. The van der Waals surface area contributed by atoms with Crippen molar-refractivity contribution in [1.29, 1.82) is 0 Å². The van der Waals surface area contributed by atoms with Crippen LogP contribution in [0.25, 0.3) is 0 Å². The SMILES string of the molecule is CC(=O)Cc1cn(CCOCCN)nn1. The Morgan fingerprint density at radius 1 is 1.60 bits per heavy atom. The zero-order valence-electron chi connectivity index (χ0n) is 8.85. The van der Waals surface area contributed by atoms with Crippen LogP contribution in [0.4, 0.5) is 0 Å². The van der Waals surface area contributed by atoms with Gasteiger partial charge in [-0.3, -0.25) is 4.79 Å². The average Bonchev–Trinajstić information content (AvgIpc) is 2.59. The van der Waals surface area contributed by atoms with Crippen LogP contribution in [0.15, 0.2) is 6.20 Å². The van der Waals surface area contributed by atoms with Crippen LogP contribution in [-0.2, 0) is 22.5 Å². The number of ether oxygens (including phenoxy) is 1. The fourth-order valence-electron chi connectivity index (χ4n) is 1.13. The van der Waals surface area contributed by atoms with Crippen molar-refractivity contribution in [2.45, 2.75) is 19.9 Å². The Kier molecular flexibility index (Phi) is 4.92. The Morgan fingerprint density at radius 3 is 3.07 bits per heavy atom. The summed E-state index contributed by atoms with van der Waals surface area (Å²) >= 11 is 0. The van der Waals surface area contributed by atoms with Crippen LogP contribution in [0.5, 0.6) is 0 Å². The van der Waals surface area contributed by atoms with Crippen molar-refractivity contribution < 1.29 is 9.53 Å². The van der Waals surface area contributed by atoms with E-state index in [0.717, 1.165) is 0 Å². The molecule has 0 radical (unpaired) electrons. The molecule has 0 fully saturated rings. The van der Waals surface area contributed by atoms with Crippen molar-refractivity contribution in [1.82, 2.24) is 15.0 Å². The molecule has 1 rings (SSSR count). The van der Waals surface area contributed by atoms with Gasteiger partial charge in [-0.05, 0) is 6.92 Å². The van der Waals surface area contributed by atoms with Gasteiger partial charge in [0.25, 0.3) is 0 Å². The number of hydrogen-bond acceptors (Lipinski definition) is 5. The fourth-order valence-corrected chi connectivity index (χ4v) is 1.13. The molecule has 0 atom stereocenters. The number of hydrogen-bond donors (Lipinski definition) is 1. The predicted molar refractivity (Wildman–Crippen MR) is 54.3 cm³/mol. The minimum Gasteiger partial charge on any atom is -0.378 e. The number of ketones is 1. The molecule has 0 aliphatic heterocycles. The lowest BCUT2D eigenvalue weighted by Crippen LogP contribution is -2.12. The highest BCUT2D eigenvalue weighted by Gasteiger charge is 2.02. The first kappa shape index (κ1) is 11.8. The van der Waals surface area contributed by atoms with Gasteiger partial charge in [-0.15, -0.1) is 5.10 Å².